The number of rotatable bonds is 1. The summed E-state index contributed by atoms with van der Waals surface area (Å²) in [5, 5.41) is 0. The SMILES string of the molecule is COc1ccc2c(c1)CC[C@@H]1[C@H]2CC[C@]2(C)C=CC[C@@H]12. The van der Waals surface area contributed by atoms with Crippen molar-refractivity contribution in [1.29, 1.82) is 0 Å². The molecule has 0 heterocycles. The van der Waals surface area contributed by atoms with E-state index in [0.717, 1.165) is 23.5 Å². The van der Waals surface area contributed by atoms with Gasteiger partial charge in [0.05, 0.1) is 7.11 Å². The molecule has 3 aliphatic carbocycles. The third-order valence-electron chi connectivity index (χ3n) is 6.26. The molecule has 1 heteroatoms. The van der Waals surface area contributed by atoms with Crippen molar-refractivity contribution >= 4 is 0 Å². The summed E-state index contributed by atoms with van der Waals surface area (Å²) in [6.07, 6.45) is 11.6. The first kappa shape index (κ1) is 12.5. The van der Waals surface area contributed by atoms with E-state index in [-0.39, 0.29) is 0 Å². The smallest absolute Gasteiger partial charge is 0.119 e. The summed E-state index contributed by atoms with van der Waals surface area (Å²) in [6.45, 7) is 2.49. The molecule has 0 amide bonds. The van der Waals surface area contributed by atoms with Crippen LogP contribution in [-0.4, -0.2) is 7.11 Å². The molecule has 3 aliphatic rings. The lowest BCUT2D eigenvalue weighted by molar-refractivity contribution is 0.0826. The monoisotopic (exact) mass is 268 g/mol. The molecular weight excluding hydrogens is 244 g/mol. The molecule has 1 nitrogen and oxygen atoms in total. The largest absolute Gasteiger partial charge is 0.497 e. The fourth-order valence-corrected chi connectivity index (χ4v) is 5.17. The van der Waals surface area contributed by atoms with Crippen molar-refractivity contribution in [3.05, 3.63) is 41.5 Å². The van der Waals surface area contributed by atoms with E-state index in [1.165, 1.54) is 32.1 Å². The fraction of sp³-hybridized carbons (Fsp3) is 0.579. The van der Waals surface area contributed by atoms with Crippen LogP contribution in [0.25, 0.3) is 0 Å². The topological polar surface area (TPSA) is 9.23 Å². The molecule has 1 aromatic rings. The molecule has 0 radical (unpaired) electrons. The molecule has 20 heavy (non-hydrogen) atoms. The first-order valence-corrected chi connectivity index (χ1v) is 8.06. The maximum atomic E-state index is 5.39. The molecule has 1 saturated carbocycles. The Morgan fingerprint density at radius 1 is 1.25 bits per heavy atom. The third-order valence-corrected chi connectivity index (χ3v) is 6.26. The van der Waals surface area contributed by atoms with Crippen LogP contribution in [0.1, 0.15) is 49.7 Å². The Labute approximate surface area is 122 Å². The zero-order valence-electron chi connectivity index (χ0n) is 12.6. The second kappa shape index (κ2) is 4.38. The number of fused-ring (bicyclic) bond motifs is 5. The number of aryl methyl sites for hydroxylation is 1. The Hall–Kier alpha value is -1.24. The Kier molecular flexibility index (Phi) is 2.73. The molecule has 0 spiro atoms. The number of hydrogen-bond acceptors (Lipinski definition) is 1. The van der Waals surface area contributed by atoms with Gasteiger partial charge in [0.25, 0.3) is 0 Å². The second-order valence-electron chi connectivity index (χ2n) is 7.16. The van der Waals surface area contributed by atoms with Crippen molar-refractivity contribution < 1.29 is 4.74 Å². The molecule has 0 unspecified atom stereocenters. The summed E-state index contributed by atoms with van der Waals surface area (Å²) < 4.78 is 5.39. The van der Waals surface area contributed by atoms with E-state index in [1.54, 1.807) is 18.2 Å². The van der Waals surface area contributed by atoms with Gasteiger partial charge in [-0.25, -0.2) is 0 Å². The summed E-state index contributed by atoms with van der Waals surface area (Å²) in [4.78, 5) is 0. The van der Waals surface area contributed by atoms with Gasteiger partial charge in [-0.1, -0.05) is 25.1 Å². The minimum atomic E-state index is 0.491. The van der Waals surface area contributed by atoms with Crippen molar-refractivity contribution in [2.75, 3.05) is 7.11 Å². The lowest BCUT2D eigenvalue weighted by Crippen LogP contribution is -2.39. The molecule has 106 valence electrons. The summed E-state index contributed by atoms with van der Waals surface area (Å²) >= 11 is 0. The quantitative estimate of drug-likeness (QED) is 0.670. The minimum absolute atomic E-state index is 0.491. The summed E-state index contributed by atoms with van der Waals surface area (Å²) in [5.74, 6) is 3.59. The van der Waals surface area contributed by atoms with Crippen molar-refractivity contribution in [3.8, 4) is 5.75 Å². The highest BCUT2D eigenvalue weighted by molar-refractivity contribution is 5.41. The van der Waals surface area contributed by atoms with E-state index in [9.17, 15) is 0 Å². The molecule has 1 fully saturated rings. The van der Waals surface area contributed by atoms with Gasteiger partial charge in [-0.15, -0.1) is 0 Å². The molecular formula is C19H24O. The summed E-state index contributed by atoms with van der Waals surface area (Å²) in [6, 6.07) is 6.77. The van der Waals surface area contributed by atoms with Crippen LogP contribution >= 0.6 is 0 Å². The van der Waals surface area contributed by atoms with Crippen LogP contribution in [0.15, 0.2) is 30.4 Å². The molecule has 0 bridgehead atoms. The number of benzene rings is 1. The van der Waals surface area contributed by atoms with E-state index in [4.69, 9.17) is 4.74 Å². The maximum absolute atomic E-state index is 5.39. The van der Waals surface area contributed by atoms with Crippen molar-refractivity contribution in [3.63, 3.8) is 0 Å². The summed E-state index contributed by atoms with van der Waals surface area (Å²) in [7, 11) is 1.77. The molecule has 0 N–H and O–H groups in total. The molecule has 4 atom stereocenters. The molecule has 1 aromatic carbocycles. The van der Waals surface area contributed by atoms with Crippen LogP contribution in [0.4, 0.5) is 0 Å². The Morgan fingerprint density at radius 2 is 2.15 bits per heavy atom. The van der Waals surface area contributed by atoms with Gasteiger partial charge in [0.15, 0.2) is 0 Å². The zero-order chi connectivity index (χ0) is 13.7. The molecule has 0 saturated heterocycles. The third kappa shape index (κ3) is 1.68. The maximum Gasteiger partial charge on any atom is 0.119 e. The lowest BCUT2D eigenvalue weighted by Gasteiger charge is -2.49. The van der Waals surface area contributed by atoms with Crippen molar-refractivity contribution in [2.45, 2.75) is 44.9 Å². The van der Waals surface area contributed by atoms with Crippen LogP contribution in [0.3, 0.4) is 0 Å². The highest BCUT2D eigenvalue weighted by atomic mass is 16.5. The van der Waals surface area contributed by atoms with Gasteiger partial charge in [-0.3, -0.25) is 0 Å². The summed E-state index contributed by atoms with van der Waals surface area (Å²) in [5.41, 5.74) is 3.65. The van der Waals surface area contributed by atoms with Crippen LogP contribution in [0.2, 0.25) is 0 Å². The van der Waals surface area contributed by atoms with Crippen LogP contribution < -0.4 is 4.74 Å². The Balaban J connectivity index is 1.70. The van der Waals surface area contributed by atoms with Gasteiger partial charge in [0.1, 0.15) is 5.75 Å². The number of allylic oxidation sites excluding steroid dienone is 2. The predicted octanol–water partition coefficient (Wildman–Crippen LogP) is 4.72. The predicted molar refractivity (Wildman–Crippen MR) is 82.1 cm³/mol. The van der Waals surface area contributed by atoms with E-state index in [0.29, 0.717) is 5.41 Å². The van der Waals surface area contributed by atoms with E-state index in [2.05, 4.69) is 37.3 Å². The highest BCUT2D eigenvalue weighted by Crippen LogP contribution is 2.58. The van der Waals surface area contributed by atoms with Gasteiger partial charge in [-0.05, 0) is 78.5 Å². The first-order chi connectivity index (χ1) is 9.71. The lowest BCUT2D eigenvalue weighted by atomic mass is 9.56. The van der Waals surface area contributed by atoms with E-state index >= 15 is 0 Å². The van der Waals surface area contributed by atoms with Gasteiger partial charge in [0, 0.05) is 0 Å². The van der Waals surface area contributed by atoms with Crippen LogP contribution in [-0.2, 0) is 6.42 Å². The van der Waals surface area contributed by atoms with Crippen molar-refractivity contribution in [1.82, 2.24) is 0 Å². The van der Waals surface area contributed by atoms with E-state index < -0.39 is 0 Å². The van der Waals surface area contributed by atoms with Gasteiger partial charge >= 0.3 is 0 Å². The average molecular weight is 268 g/mol. The molecule has 0 aliphatic heterocycles. The standard InChI is InChI=1S/C19H24O/c1-19-10-3-4-18(19)17-7-5-13-12-14(20-2)6-8-15(13)16(17)9-11-19/h3,6,8,10,12,16-18H,4-5,7,9,11H2,1-2H3/t16-,17+,18-,19-/m0/s1. The van der Waals surface area contributed by atoms with Gasteiger partial charge in [0.2, 0.25) is 0 Å². The number of ether oxygens (including phenoxy) is 1. The Morgan fingerprint density at radius 3 is 3.00 bits per heavy atom. The zero-order valence-corrected chi connectivity index (χ0v) is 12.6. The number of hydrogen-bond donors (Lipinski definition) is 0. The number of methoxy groups -OCH3 is 1. The highest BCUT2D eigenvalue weighted by Gasteiger charge is 2.48. The minimum Gasteiger partial charge on any atom is -0.497 e. The second-order valence-corrected chi connectivity index (χ2v) is 7.16. The molecule has 0 aromatic heterocycles. The van der Waals surface area contributed by atoms with Gasteiger partial charge < -0.3 is 4.74 Å². The van der Waals surface area contributed by atoms with Crippen LogP contribution in [0.5, 0.6) is 5.75 Å². The van der Waals surface area contributed by atoms with Crippen molar-refractivity contribution in [2.24, 2.45) is 17.3 Å². The van der Waals surface area contributed by atoms with Crippen LogP contribution in [0, 0.1) is 17.3 Å². The molecule has 4 rings (SSSR count). The van der Waals surface area contributed by atoms with Gasteiger partial charge in [-0.2, -0.15) is 0 Å². The fourth-order valence-electron chi connectivity index (χ4n) is 5.17. The first-order valence-electron chi connectivity index (χ1n) is 8.06. The average Bonchev–Trinajstić information content (AvgIpc) is 2.88. The van der Waals surface area contributed by atoms with E-state index in [1.807, 2.05) is 0 Å². The Bertz CT molecular complexity index is 559. The normalized spacial score (nSPS) is 38.0.